The molecule has 6 N–H and O–H groups in total. The van der Waals surface area contributed by atoms with Crippen LogP contribution >= 0.6 is 45.5 Å². The Morgan fingerprint density at radius 1 is 0.328 bits per heavy atom. The van der Waals surface area contributed by atoms with E-state index in [0.29, 0.717) is 0 Å². The number of aromatic amines is 6. The van der Waals surface area contributed by atoms with E-state index in [1.807, 2.05) is 363 Å². The van der Waals surface area contributed by atoms with Crippen molar-refractivity contribution in [1.29, 1.82) is 0 Å². The van der Waals surface area contributed by atoms with Crippen molar-refractivity contribution >= 4 is 66.7 Å². The zero-order chi connectivity index (χ0) is 94.7. The maximum atomic E-state index is 4.58. The van der Waals surface area contributed by atoms with E-state index in [1.54, 1.807) is 176 Å². The third kappa shape index (κ3) is 131. The summed E-state index contributed by atoms with van der Waals surface area (Å²) in [4.78, 5) is 39.4. The summed E-state index contributed by atoms with van der Waals surface area (Å²) in [6.07, 6.45) is 47.1. The summed E-state index contributed by atoms with van der Waals surface area (Å²) in [5.41, 5.74) is 3.00. The quantitative estimate of drug-likeness (QED) is 0.0821. The van der Waals surface area contributed by atoms with Crippen molar-refractivity contribution < 1.29 is 8.94 Å². The number of thiophene rings is 2. The van der Waals surface area contributed by atoms with Crippen LogP contribution in [0.3, 0.4) is 0 Å². The molecule has 31 heteroatoms. The van der Waals surface area contributed by atoms with E-state index in [-0.39, 0.29) is 6.17 Å². The lowest BCUT2D eigenvalue weighted by Crippen LogP contribution is -1.81. The fourth-order valence-electron chi connectivity index (χ4n) is 4.81. The number of para-hydroxylation sites is 1. The highest BCUT2D eigenvalue weighted by Gasteiger charge is 1.96. The number of rotatable bonds is 0. The Labute approximate surface area is 751 Å². The van der Waals surface area contributed by atoms with Crippen molar-refractivity contribution in [3.05, 3.63) is 334 Å². The van der Waals surface area contributed by atoms with Crippen LogP contribution in [0.4, 0.5) is 0 Å². The van der Waals surface area contributed by atoms with Crippen LogP contribution in [-0.4, -0.2) is 111 Å². The molecule has 0 saturated carbocycles. The summed E-state index contributed by atoms with van der Waals surface area (Å²) in [7, 11) is 0. The van der Waals surface area contributed by atoms with Crippen LogP contribution in [-0.2, 0) is 0 Å². The second-order valence-electron chi connectivity index (χ2n) is 15.1. The molecule has 0 aliphatic carbocycles. The molecule has 0 atom stereocenters. The zero-order valence-electron chi connectivity index (χ0n) is 79.3. The molecule has 0 unspecified atom stereocenters. The molecule has 27 nitrogen and oxygen atoms in total. The number of furan rings is 1. The van der Waals surface area contributed by atoms with Crippen molar-refractivity contribution in [3.8, 4) is 0 Å². The molecule has 0 fully saturated rings. The Balaban J connectivity index is -0.0000000927. The van der Waals surface area contributed by atoms with Crippen LogP contribution in [0.15, 0.2) is 364 Å². The fraction of sp³-hybridized carbons (Fsp3) is 0.352. The molecule has 17 heterocycles. The molecule has 1 aliphatic heterocycles. The van der Waals surface area contributed by atoms with Gasteiger partial charge in [-0.15, -0.1) is 32.9 Å². The Morgan fingerprint density at radius 3 is 1.12 bits per heavy atom. The number of H-pyrrole nitrogens is 6. The third-order valence-corrected chi connectivity index (χ3v) is 11.0. The molecule has 16 aromatic heterocycles. The van der Waals surface area contributed by atoms with Crippen molar-refractivity contribution in [2.75, 3.05) is 0 Å². The van der Waals surface area contributed by atoms with Crippen molar-refractivity contribution in [2.24, 2.45) is 20.7 Å². The number of hydrogen-bond acceptors (Lipinski definition) is 25. The number of imidazole rings is 1. The first kappa shape index (κ1) is 139. The summed E-state index contributed by atoms with van der Waals surface area (Å²) < 4.78 is 12.7. The summed E-state index contributed by atoms with van der Waals surface area (Å²) >= 11 is 6.45. The second-order valence-corrected chi connectivity index (χ2v) is 18.3. The minimum absolute atomic E-state index is 0.0370. The molecule has 0 saturated heterocycles. The number of hydrogen-bond donors (Lipinski definition) is 6. The van der Waals surface area contributed by atoms with Gasteiger partial charge in [0.1, 0.15) is 30.1 Å². The monoisotopic (exact) mass is 1760 g/mol. The van der Waals surface area contributed by atoms with E-state index in [0.717, 1.165) is 4.83 Å². The minimum Gasteiger partial charge on any atom is -0.473 e. The van der Waals surface area contributed by atoms with E-state index in [9.17, 15) is 0 Å². The number of benzene rings is 1. The predicted octanol–water partition coefficient (Wildman–Crippen LogP) is 30.5. The van der Waals surface area contributed by atoms with Crippen LogP contribution in [0.1, 0.15) is 215 Å². The molecular weight excluding hydrogens is 1600 g/mol. The van der Waals surface area contributed by atoms with E-state index in [4.69, 9.17) is 0 Å². The van der Waals surface area contributed by atoms with Crippen LogP contribution < -0.4 is 0 Å². The lowest BCUT2D eigenvalue weighted by molar-refractivity contribution is 0.420. The first-order valence-corrected chi connectivity index (χ1v) is 45.3. The molecular formula is C91H155N25O2S4. The number of nitrogens with zero attached hydrogens (tertiary/aromatic N) is 19. The van der Waals surface area contributed by atoms with Gasteiger partial charge in [0.2, 0.25) is 0 Å². The zero-order valence-corrected chi connectivity index (χ0v) is 82.5. The second kappa shape index (κ2) is 160. The molecule has 1 aliphatic rings. The van der Waals surface area contributed by atoms with E-state index in [2.05, 4.69) is 153 Å². The highest BCUT2D eigenvalue weighted by atomic mass is 32.1. The molecule has 0 bridgehead atoms. The minimum atomic E-state index is -0.0370. The number of thiazole rings is 1. The highest BCUT2D eigenvalue weighted by molar-refractivity contribution is 7.16. The fourth-order valence-corrected chi connectivity index (χ4v) is 6.68. The Kier molecular flexibility index (Phi) is 182. The number of fused-ring (bicyclic) bond motifs is 2. The van der Waals surface area contributed by atoms with Gasteiger partial charge in [0.25, 0.3) is 0 Å². The maximum absolute atomic E-state index is 4.58. The van der Waals surface area contributed by atoms with Gasteiger partial charge in [-0.05, 0) is 141 Å². The van der Waals surface area contributed by atoms with Crippen LogP contribution in [0.5, 0.6) is 0 Å². The van der Waals surface area contributed by atoms with Crippen LogP contribution in [0.25, 0.3) is 21.1 Å². The Bertz CT molecular complexity index is 3010. The Morgan fingerprint density at radius 2 is 0.885 bits per heavy atom. The van der Waals surface area contributed by atoms with Gasteiger partial charge in [-0.25, -0.2) is 24.3 Å². The summed E-state index contributed by atoms with van der Waals surface area (Å²) in [6, 6.07) is 40.5. The molecule has 0 radical (unpaired) electrons. The van der Waals surface area contributed by atoms with Gasteiger partial charge in [0, 0.05) is 139 Å². The molecule has 17 aromatic rings. The Hall–Kier alpha value is -12.2. The lowest BCUT2D eigenvalue weighted by atomic mass is 10.3. The number of aromatic nitrogens is 21. The van der Waals surface area contributed by atoms with Crippen molar-refractivity contribution in [2.45, 2.75) is 221 Å². The van der Waals surface area contributed by atoms with Gasteiger partial charge < -0.3 is 23.9 Å². The average molecular weight is 1760 g/mol. The summed E-state index contributed by atoms with van der Waals surface area (Å²) in [5.74, 6) is 0. The average Bonchev–Trinajstić information content (AvgIpc) is 1.74. The van der Waals surface area contributed by atoms with E-state index in [1.165, 1.54) is 53.1 Å². The van der Waals surface area contributed by atoms with Gasteiger partial charge in [-0.1, -0.05) is 249 Å². The van der Waals surface area contributed by atoms with Crippen LogP contribution in [0, 0.1) is 0 Å². The van der Waals surface area contributed by atoms with Crippen molar-refractivity contribution in [1.82, 2.24) is 105 Å². The van der Waals surface area contributed by atoms with Gasteiger partial charge >= 0.3 is 0 Å². The molecule has 122 heavy (non-hydrogen) atoms. The molecule has 680 valence electrons. The molecule has 0 spiro atoms. The number of pyridine rings is 1. The van der Waals surface area contributed by atoms with Crippen LogP contribution in [0.2, 0.25) is 0 Å². The molecule has 1 aromatic carbocycles. The predicted molar refractivity (Wildman–Crippen MR) is 530 cm³/mol. The largest absolute Gasteiger partial charge is 0.473 e. The molecule has 0 amide bonds. The summed E-state index contributed by atoms with van der Waals surface area (Å²) in [6.45, 7) is 61.8. The maximum Gasteiger partial charge on any atom is 0.182 e. The topological polar surface area (TPSA) is 364 Å². The smallest absolute Gasteiger partial charge is 0.182 e. The van der Waals surface area contributed by atoms with Gasteiger partial charge in [0.05, 0.1) is 36.8 Å². The molecule has 18 rings (SSSR count). The third-order valence-electron chi connectivity index (χ3n) is 8.54. The van der Waals surface area contributed by atoms with E-state index >= 15 is 0 Å². The van der Waals surface area contributed by atoms with E-state index < -0.39 is 0 Å². The van der Waals surface area contributed by atoms with Gasteiger partial charge in [-0.3, -0.25) is 35.2 Å². The SMILES string of the molecule is CC.CC.CC.CC.CC.CC.CC.CC.CC.CC.CC.CC.CC.CC.CC.CC1N=NN=N1.c1c[nH]cn1.c1cc2cn[nH]c2s1.c1cc[nH]c1.c1ccc2[nH]ccc2c1.c1ccncc1.c1ccnnc1.c1ccoc1.c1ccsc1.c1cn[nH]c1.c1cnccn1.c1cncnc1.c1cnoc1.c1cnsc1.c1cscn1.c1nc[nH]n1. The normalized spacial score (nSPS) is 7.70. The summed E-state index contributed by atoms with van der Waals surface area (Å²) in [5, 5.41) is 55.3. The first-order valence-electron chi connectivity index (χ1n) is 41.7. The lowest BCUT2D eigenvalue weighted by Gasteiger charge is -1.83. The van der Waals surface area contributed by atoms with Gasteiger partial charge in [0.15, 0.2) is 6.17 Å². The highest BCUT2D eigenvalue weighted by Crippen LogP contribution is 2.15. The standard InChI is InChI=1S/C8H7N.C5H4N2S.C5H5N.3C4H4N2.C4H5N.C4H4O.C4H4S.2C3H4N2.C3H3NO.2C3H3NS.C2H4N4.C2H3N3.15C2H6/c1-2-4-8-7(3-1)5-6-9-8;1-2-8-5-4(1)3-6-7-5;1-2-4-6-5-3-1;1-2-6-4-3-5-1;1-2-5-4-6-3-1;1-2-4-6-5-3-1;3*1-2-4-5-3-1;1-2-5-3-4-1;2*1-2-4-5-3-1;1-2-5-3-4-1;1-2-4-5-3-1;1-2-3-5-6-4-2;1-3-2-5-4-1;15*1-2/h1-6,9H;1-3H,(H,6,7);1-5H;3*1-4H;1-5H;2*1-4H;2*1-3H,(H,4,5);3*1-3H;2H,1H3;1-2H,(H,3,4,5);15*1-2H3. The van der Waals surface area contributed by atoms with Crippen molar-refractivity contribution in [3.63, 3.8) is 0 Å². The first-order chi connectivity index (χ1) is 60.8. The number of nitrogens with one attached hydrogen (secondary N) is 6. The van der Waals surface area contributed by atoms with Gasteiger partial charge in [-0.2, -0.15) is 36.8 Å².